The molecule has 3 N–H and O–H groups in total. The molecular weight excluding hydrogens is 90.1 g/mol. The summed E-state index contributed by atoms with van der Waals surface area (Å²) >= 11 is 0. The first-order chi connectivity index (χ1) is 3.18. The Morgan fingerprint density at radius 2 is 2.43 bits per heavy atom. The lowest BCUT2D eigenvalue weighted by Crippen LogP contribution is -2.19. The van der Waals surface area contributed by atoms with Crippen LogP contribution in [0.15, 0.2) is 12.2 Å². The number of hydrogen-bond acceptors (Lipinski definition) is 2. The van der Waals surface area contributed by atoms with Gasteiger partial charge in [-0.05, 0) is 6.92 Å². The lowest BCUT2D eigenvalue weighted by atomic mass is 10.2. The van der Waals surface area contributed by atoms with Crippen molar-refractivity contribution in [3.8, 4) is 0 Å². The SMILES string of the molecule is C=C(C)[C@H](O)CN. The summed E-state index contributed by atoms with van der Waals surface area (Å²) in [6, 6.07) is 0. The Hall–Kier alpha value is -0.340. The summed E-state index contributed by atoms with van der Waals surface area (Å²) in [5, 5.41) is 8.71. The molecular formula is C5H11NO. The van der Waals surface area contributed by atoms with Crippen LogP contribution in [0.25, 0.3) is 0 Å². The molecule has 0 rings (SSSR count). The number of nitrogens with two attached hydrogens (primary N) is 1. The Bertz CT molecular complexity index is 70.5. The van der Waals surface area contributed by atoms with E-state index in [-0.39, 0.29) is 6.54 Å². The third-order valence-electron chi connectivity index (χ3n) is 0.792. The highest BCUT2D eigenvalue weighted by molar-refractivity contribution is 4.96. The third-order valence-corrected chi connectivity index (χ3v) is 0.792. The highest BCUT2D eigenvalue weighted by Gasteiger charge is 1.97. The Morgan fingerprint density at radius 3 is 2.43 bits per heavy atom. The molecule has 0 fully saturated rings. The predicted octanol–water partition coefficient (Wildman–Crippen LogP) is -0.118. The molecule has 0 unspecified atom stereocenters. The van der Waals surface area contributed by atoms with E-state index >= 15 is 0 Å². The minimum atomic E-state index is -0.514. The predicted molar refractivity (Wildman–Crippen MR) is 29.9 cm³/mol. The van der Waals surface area contributed by atoms with Gasteiger partial charge in [0.1, 0.15) is 0 Å². The Morgan fingerprint density at radius 1 is 2.00 bits per heavy atom. The number of rotatable bonds is 2. The summed E-state index contributed by atoms with van der Waals surface area (Å²) in [4.78, 5) is 0. The molecule has 42 valence electrons. The molecule has 0 bridgehead atoms. The standard InChI is InChI=1S/C5H11NO/c1-4(2)5(7)3-6/h5,7H,1,3,6H2,2H3/t5-/m1/s1. The zero-order valence-corrected chi connectivity index (χ0v) is 4.52. The van der Waals surface area contributed by atoms with E-state index in [1.54, 1.807) is 6.92 Å². The Labute approximate surface area is 43.6 Å². The second kappa shape index (κ2) is 2.77. The summed E-state index contributed by atoms with van der Waals surface area (Å²) < 4.78 is 0. The molecule has 0 heterocycles. The smallest absolute Gasteiger partial charge is 0.0867 e. The number of hydrogen-bond donors (Lipinski definition) is 2. The molecule has 7 heavy (non-hydrogen) atoms. The normalized spacial score (nSPS) is 13.6. The van der Waals surface area contributed by atoms with Crippen molar-refractivity contribution in [2.24, 2.45) is 5.73 Å². The van der Waals surface area contributed by atoms with Gasteiger partial charge in [0.25, 0.3) is 0 Å². The molecule has 0 saturated carbocycles. The maximum absolute atomic E-state index is 8.71. The monoisotopic (exact) mass is 101 g/mol. The fraction of sp³-hybridized carbons (Fsp3) is 0.600. The molecule has 0 spiro atoms. The average molecular weight is 101 g/mol. The van der Waals surface area contributed by atoms with Crippen LogP contribution in [0.3, 0.4) is 0 Å². The average Bonchev–Trinajstić information content (AvgIpc) is 1.65. The van der Waals surface area contributed by atoms with E-state index in [1.807, 2.05) is 0 Å². The van der Waals surface area contributed by atoms with E-state index in [0.29, 0.717) is 0 Å². The molecule has 0 aromatic carbocycles. The van der Waals surface area contributed by atoms with Gasteiger partial charge < -0.3 is 10.8 Å². The van der Waals surface area contributed by atoms with Crippen LogP contribution in [0.4, 0.5) is 0 Å². The molecule has 0 radical (unpaired) electrons. The summed E-state index contributed by atoms with van der Waals surface area (Å²) in [5.74, 6) is 0. The van der Waals surface area contributed by atoms with Gasteiger partial charge in [0.2, 0.25) is 0 Å². The first-order valence-electron chi connectivity index (χ1n) is 2.22. The molecule has 2 nitrogen and oxygen atoms in total. The van der Waals surface area contributed by atoms with Crippen molar-refractivity contribution in [1.82, 2.24) is 0 Å². The molecule has 0 aromatic rings. The maximum Gasteiger partial charge on any atom is 0.0867 e. The van der Waals surface area contributed by atoms with Crippen molar-refractivity contribution in [3.63, 3.8) is 0 Å². The highest BCUT2D eigenvalue weighted by Crippen LogP contribution is 1.92. The van der Waals surface area contributed by atoms with Gasteiger partial charge in [-0.15, -0.1) is 0 Å². The molecule has 1 atom stereocenters. The minimum Gasteiger partial charge on any atom is -0.387 e. The van der Waals surface area contributed by atoms with E-state index in [4.69, 9.17) is 10.8 Å². The van der Waals surface area contributed by atoms with Crippen molar-refractivity contribution in [1.29, 1.82) is 0 Å². The molecule has 0 aliphatic carbocycles. The molecule has 0 saturated heterocycles. The van der Waals surface area contributed by atoms with E-state index in [1.165, 1.54) is 0 Å². The minimum absolute atomic E-state index is 0.273. The van der Waals surface area contributed by atoms with Crippen LogP contribution in [0.2, 0.25) is 0 Å². The van der Waals surface area contributed by atoms with Crippen LogP contribution < -0.4 is 5.73 Å². The van der Waals surface area contributed by atoms with Crippen LogP contribution in [-0.2, 0) is 0 Å². The highest BCUT2D eigenvalue weighted by atomic mass is 16.3. The van der Waals surface area contributed by atoms with Crippen molar-refractivity contribution in [2.45, 2.75) is 13.0 Å². The molecule has 0 aliphatic rings. The van der Waals surface area contributed by atoms with Crippen LogP contribution in [0, 0.1) is 0 Å². The summed E-state index contributed by atoms with van der Waals surface area (Å²) in [7, 11) is 0. The van der Waals surface area contributed by atoms with Gasteiger partial charge in [-0.1, -0.05) is 12.2 Å². The van der Waals surface area contributed by atoms with Crippen molar-refractivity contribution in [3.05, 3.63) is 12.2 Å². The largest absolute Gasteiger partial charge is 0.387 e. The first-order valence-corrected chi connectivity index (χ1v) is 2.22. The molecule has 0 aliphatic heterocycles. The van der Waals surface area contributed by atoms with Gasteiger partial charge in [0.05, 0.1) is 6.10 Å². The molecule has 0 aromatic heterocycles. The van der Waals surface area contributed by atoms with Gasteiger partial charge in [-0.3, -0.25) is 0 Å². The summed E-state index contributed by atoms with van der Waals surface area (Å²) in [5.41, 5.74) is 5.79. The van der Waals surface area contributed by atoms with E-state index in [9.17, 15) is 0 Å². The lowest BCUT2D eigenvalue weighted by Gasteiger charge is -2.03. The van der Waals surface area contributed by atoms with Crippen molar-refractivity contribution in [2.75, 3.05) is 6.54 Å². The summed E-state index contributed by atoms with van der Waals surface area (Å²) in [6.07, 6.45) is -0.514. The van der Waals surface area contributed by atoms with Crippen LogP contribution in [-0.4, -0.2) is 17.8 Å². The van der Waals surface area contributed by atoms with Gasteiger partial charge in [-0.2, -0.15) is 0 Å². The van der Waals surface area contributed by atoms with E-state index in [2.05, 4.69) is 6.58 Å². The fourth-order valence-electron chi connectivity index (χ4n) is 0.201. The first kappa shape index (κ1) is 6.66. The van der Waals surface area contributed by atoms with Crippen LogP contribution in [0.5, 0.6) is 0 Å². The van der Waals surface area contributed by atoms with Crippen molar-refractivity contribution < 1.29 is 5.11 Å². The fourth-order valence-corrected chi connectivity index (χ4v) is 0.201. The third kappa shape index (κ3) is 2.37. The zero-order chi connectivity index (χ0) is 5.86. The second-order valence-electron chi connectivity index (χ2n) is 1.60. The van der Waals surface area contributed by atoms with Crippen LogP contribution in [0.1, 0.15) is 6.92 Å². The number of aliphatic hydroxyl groups is 1. The van der Waals surface area contributed by atoms with Gasteiger partial charge >= 0.3 is 0 Å². The van der Waals surface area contributed by atoms with Crippen LogP contribution >= 0.6 is 0 Å². The van der Waals surface area contributed by atoms with Crippen molar-refractivity contribution >= 4 is 0 Å². The Kier molecular flexibility index (Phi) is 2.64. The van der Waals surface area contributed by atoms with Gasteiger partial charge in [0, 0.05) is 6.54 Å². The zero-order valence-electron chi connectivity index (χ0n) is 4.52. The number of aliphatic hydroxyl groups excluding tert-OH is 1. The van der Waals surface area contributed by atoms with E-state index < -0.39 is 6.10 Å². The lowest BCUT2D eigenvalue weighted by molar-refractivity contribution is 0.219. The maximum atomic E-state index is 8.71. The second-order valence-corrected chi connectivity index (χ2v) is 1.60. The van der Waals surface area contributed by atoms with Gasteiger partial charge in [-0.25, -0.2) is 0 Å². The Balaban J connectivity index is 3.34. The summed E-state index contributed by atoms with van der Waals surface area (Å²) in [6.45, 7) is 5.52. The quantitative estimate of drug-likeness (QED) is 0.476. The van der Waals surface area contributed by atoms with Gasteiger partial charge in [0.15, 0.2) is 0 Å². The topological polar surface area (TPSA) is 46.2 Å². The molecule has 0 amide bonds. The molecule has 2 heteroatoms. The van der Waals surface area contributed by atoms with E-state index in [0.717, 1.165) is 5.57 Å².